The monoisotopic (exact) mass is 270 g/mol. The molecule has 0 saturated heterocycles. The van der Waals surface area contributed by atoms with Crippen molar-refractivity contribution in [1.82, 2.24) is 10.2 Å². The van der Waals surface area contributed by atoms with Gasteiger partial charge in [-0.2, -0.15) is 0 Å². The number of benzene rings is 1. The van der Waals surface area contributed by atoms with Gasteiger partial charge in [0.15, 0.2) is 0 Å². The lowest BCUT2D eigenvalue weighted by molar-refractivity contribution is 0.246. The third-order valence-electron chi connectivity index (χ3n) is 3.18. The van der Waals surface area contributed by atoms with E-state index in [1.54, 1.807) is 0 Å². The van der Waals surface area contributed by atoms with Gasteiger partial charge in [-0.15, -0.1) is 0 Å². The van der Waals surface area contributed by atoms with E-state index in [-0.39, 0.29) is 0 Å². The highest BCUT2D eigenvalue weighted by Gasteiger charge is 2.13. The van der Waals surface area contributed by atoms with Gasteiger partial charge in [0.05, 0.1) is 0 Å². The van der Waals surface area contributed by atoms with Crippen molar-refractivity contribution in [2.45, 2.75) is 32.9 Å². The lowest BCUT2D eigenvalue weighted by atomic mass is 10.0. The normalized spacial score (nSPS) is 13.3. The minimum atomic E-state index is -0.535. The summed E-state index contributed by atoms with van der Waals surface area (Å²) in [5.41, 5.74) is 0.503. The van der Waals surface area contributed by atoms with Gasteiger partial charge < -0.3 is 10.2 Å². The predicted octanol–water partition coefficient (Wildman–Crippen LogP) is 3.03. The van der Waals surface area contributed by atoms with E-state index < -0.39 is 11.6 Å². The van der Waals surface area contributed by atoms with Crippen molar-refractivity contribution in [2.24, 2.45) is 5.92 Å². The van der Waals surface area contributed by atoms with Crippen LogP contribution < -0.4 is 5.32 Å². The maximum atomic E-state index is 13.5. The molecule has 0 saturated carbocycles. The van der Waals surface area contributed by atoms with E-state index in [4.69, 9.17) is 0 Å². The highest BCUT2D eigenvalue weighted by atomic mass is 19.1. The first kappa shape index (κ1) is 16.1. The van der Waals surface area contributed by atoms with E-state index in [0.717, 1.165) is 19.0 Å². The molecule has 0 aliphatic rings. The molecule has 0 bridgehead atoms. The fourth-order valence-corrected chi connectivity index (χ4v) is 2.06. The van der Waals surface area contributed by atoms with Gasteiger partial charge in [0.1, 0.15) is 11.6 Å². The molecule has 0 radical (unpaired) electrons. The van der Waals surface area contributed by atoms with Crippen LogP contribution in [0.4, 0.5) is 8.78 Å². The van der Waals surface area contributed by atoms with Gasteiger partial charge in [0, 0.05) is 30.8 Å². The first-order valence-corrected chi connectivity index (χ1v) is 6.71. The van der Waals surface area contributed by atoms with Gasteiger partial charge in [0.25, 0.3) is 0 Å². The summed E-state index contributed by atoms with van der Waals surface area (Å²) in [7, 11) is 4.10. The van der Waals surface area contributed by atoms with Crippen molar-refractivity contribution >= 4 is 0 Å². The largest absolute Gasteiger partial charge is 0.311 e. The Balaban J connectivity index is 2.47. The molecule has 1 aromatic carbocycles. The molecule has 0 heterocycles. The Kier molecular flexibility index (Phi) is 6.38. The van der Waals surface area contributed by atoms with Crippen LogP contribution in [-0.4, -0.2) is 31.6 Å². The van der Waals surface area contributed by atoms with Crippen molar-refractivity contribution in [3.63, 3.8) is 0 Å². The summed E-state index contributed by atoms with van der Waals surface area (Å²) in [6.45, 7) is 5.60. The van der Waals surface area contributed by atoms with Gasteiger partial charge in [0.2, 0.25) is 0 Å². The molecule has 2 nitrogen and oxygen atoms in total. The zero-order valence-corrected chi connectivity index (χ0v) is 12.2. The number of likely N-dealkylation sites (N-methyl/N-ethyl adjacent to an activating group) is 1. The third kappa shape index (κ3) is 5.66. The maximum Gasteiger partial charge on any atom is 0.130 e. The van der Waals surface area contributed by atoms with E-state index in [9.17, 15) is 8.78 Å². The van der Waals surface area contributed by atoms with Crippen molar-refractivity contribution < 1.29 is 8.78 Å². The maximum absolute atomic E-state index is 13.5. The fraction of sp³-hybridized carbons (Fsp3) is 0.600. The minimum absolute atomic E-state index is 0.420. The van der Waals surface area contributed by atoms with E-state index >= 15 is 0 Å². The summed E-state index contributed by atoms with van der Waals surface area (Å²) in [6.07, 6.45) is 1.09. The highest BCUT2D eigenvalue weighted by molar-refractivity contribution is 5.18. The van der Waals surface area contributed by atoms with E-state index in [2.05, 4.69) is 24.1 Å². The highest BCUT2D eigenvalue weighted by Crippen LogP contribution is 2.11. The second-order valence-corrected chi connectivity index (χ2v) is 5.61. The van der Waals surface area contributed by atoms with Crippen LogP contribution in [0.15, 0.2) is 18.2 Å². The lowest BCUT2D eigenvalue weighted by Crippen LogP contribution is -2.38. The Morgan fingerprint density at radius 2 is 1.89 bits per heavy atom. The molecule has 4 heteroatoms. The molecule has 0 fully saturated rings. The SMILES string of the molecule is CC(C)C[C@H](CNCc1ccc(F)cc1F)N(C)C. The van der Waals surface area contributed by atoms with Crippen LogP contribution in [-0.2, 0) is 6.54 Å². The van der Waals surface area contributed by atoms with Crippen molar-refractivity contribution in [3.8, 4) is 0 Å². The number of hydrogen-bond acceptors (Lipinski definition) is 2. The smallest absolute Gasteiger partial charge is 0.130 e. The summed E-state index contributed by atoms with van der Waals surface area (Å²) in [6, 6.07) is 4.13. The molecule has 108 valence electrons. The summed E-state index contributed by atoms with van der Waals surface area (Å²) in [4.78, 5) is 2.17. The number of halogens is 2. The van der Waals surface area contributed by atoms with Crippen molar-refractivity contribution in [2.75, 3.05) is 20.6 Å². The van der Waals surface area contributed by atoms with Gasteiger partial charge in [-0.25, -0.2) is 8.78 Å². The molecule has 0 unspecified atom stereocenters. The fourth-order valence-electron chi connectivity index (χ4n) is 2.06. The average Bonchev–Trinajstić information content (AvgIpc) is 2.29. The zero-order chi connectivity index (χ0) is 14.4. The number of hydrogen-bond donors (Lipinski definition) is 1. The van der Waals surface area contributed by atoms with Crippen LogP contribution in [0.1, 0.15) is 25.8 Å². The third-order valence-corrected chi connectivity index (χ3v) is 3.18. The number of nitrogens with one attached hydrogen (secondary N) is 1. The Morgan fingerprint density at radius 3 is 2.42 bits per heavy atom. The zero-order valence-electron chi connectivity index (χ0n) is 12.2. The molecule has 0 aliphatic carbocycles. The Bertz CT molecular complexity index is 392. The molecule has 1 N–H and O–H groups in total. The van der Waals surface area contributed by atoms with E-state index in [1.165, 1.54) is 12.1 Å². The van der Waals surface area contributed by atoms with Gasteiger partial charge in [-0.1, -0.05) is 19.9 Å². The summed E-state index contributed by atoms with van der Waals surface area (Å²) < 4.78 is 26.2. The molecule has 19 heavy (non-hydrogen) atoms. The molecule has 0 spiro atoms. The second-order valence-electron chi connectivity index (χ2n) is 5.61. The molecular weight excluding hydrogens is 246 g/mol. The van der Waals surface area contributed by atoms with Crippen LogP contribution in [0.3, 0.4) is 0 Å². The molecule has 1 atom stereocenters. The van der Waals surface area contributed by atoms with E-state index in [0.29, 0.717) is 24.1 Å². The van der Waals surface area contributed by atoms with Crippen molar-refractivity contribution in [3.05, 3.63) is 35.4 Å². The molecule has 0 aromatic heterocycles. The summed E-state index contributed by atoms with van der Waals surface area (Å²) in [5.74, 6) is -0.401. The minimum Gasteiger partial charge on any atom is -0.311 e. The topological polar surface area (TPSA) is 15.3 Å². The first-order chi connectivity index (χ1) is 8.90. The van der Waals surface area contributed by atoms with Crippen LogP contribution >= 0.6 is 0 Å². The Labute approximate surface area is 114 Å². The summed E-state index contributed by atoms with van der Waals surface area (Å²) >= 11 is 0. The quantitative estimate of drug-likeness (QED) is 0.819. The predicted molar refractivity (Wildman–Crippen MR) is 75.0 cm³/mol. The lowest BCUT2D eigenvalue weighted by Gasteiger charge is -2.26. The number of nitrogens with zero attached hydrogens (tertiary/aromatic N) is 1. The van der Waals surface area contributed by atoms with Crippen LogP contribution in [0.2, 0.25) is 0 Å². The first-order valence-electron chi connectivity index (χ1n) is 6.71. The van der Waals surface area contributed by atoms with Gasteiger partial charge >= 0.3 is 0 Å². The molecule has 1 rings (SSSR count). The Hall–Kier alpha value is -1.00. The summed E-state index contributed by atoms with van der Waals surface area (Å²) in [5, 5.41) is 3.24. The van der Waals surface area contributed by atoms with Crippen molar-refractivity contribution in [1.29, 1.82) is 0 Å². The van der Waals surface area contributed by atoms with E-state index in [1.807, 2.05) is 14.1 Å². The van der Waals surface area contributed by atoms with Crippen LogP contribution in [0, 0.1) is 17.6 Å². The molecule has 0 amide bonds. The Morgan fingerprint density at radius 1 is 1.21 bits per heavy atom. The average molecular weight is 270 g/mol. The van der Waals surface area contributed by atoms with Crippen LogP contribution in [0.5, 0.6) is 0 Å². The molecule has 0 aliphatic heterocycles. The standard InChI is InChI=1S/C15H24F2N2/c1-11(2)7-14(19(3)4)10-18-9-12-5-6-13(16)8-15(12)17/h5-6,8,11,14,18H,7,9-10H2,1-4H3/t14-/m1/s1. The van der Waals surface area contributed by atoms with Gasteiger partial charge in [-0.3, -0.25) is 0 Å². The molecular formula is C15H24F2N2. The van der Waals surface area contributed by atoms with Gasteiger partial charge in [-0.05, 0) is 32.5 Å². The second kappa shape index (κ2) is 7.56. The number of rotatable bonds is 7. The molecule has 1 aromatic rings. The van der Waals surface area contributed by atoms with Crippen LogP contribution in [0.25, 0.3) is 0 Å².